The Bertz CT molecular complexity index is 823. The predicted molar refractivity (Wildman–Crippen MR) is 116 cm³/mol. The normalized spacial score (nSPS) is 17.1. The van der Waals surface area contributed by atoms with Crippen LogP contribution in [0.2, 0.25) is 0 Å². The number of nitrogens with zero attached hydrogens (tertiary/aromatic N) is 3. The first kappa shape index (κ1) is 20.6. The Kier molecular flexibility index (Phi) is 7.44. The molecular formula is C22H30N6O. The van der Waals surface area contributed by atoms with Gasteiger partial charge in [0, 0.05) is 37.9 Å². The second-order valence-corrected chi connectivity index (χ2v) is 7.21. The molecule has 2 aromatic rings. The number of rotatable bonds is 7. The summed E-state index contributed by atoms with van der Waals surface area (Å²) in [4.78, 5) is 23.1. The second-order valence-electron chi connectivity index (χ2n) is 7.21. The van der Waals surface area contributed by atoms with Crippen LogP contribution < -0.4 is 21.3 Å². The van der Waals surface area contributed by atoms with Crippen LogP contribution in [-0.2, 0) is 17.9 Å². The van der Waals surface area contributed by atoms with Gasteiger partial charge in [0.1, 0.15) is 5.82 Å². The fourth-order valence-electron chi connectivity index (χ4n) is 3.53. The Labute approximate surface area is 172 Å². The maximum absolute atomic E-state index is 11.6. The minimum absolute atomic E-state index is 0.115. The van der Waals surface area contributed by atoms with E-state index in [1.54, 1.807) is 6.20 Å². The molecule has 1 saturated heterocycles. The van der Waals surface area contributed by atoms with E-state index < -0.39 is 0 Å². The summed E-state index contributed by atoms with van der Waals surface area (Å²) in [5, 5.41) is 6.69. The molecule has 7 heteroatoms. The molecule has 1 aromatic carbocycles. The molecular weight excluding hydrogens is 364 g/mol. The highest BCUT2D eigenvalue weighted by molar-refractivity contribution is 5.80. The molecule has 0 spiro atoms. The topological polar surface area (TPSA) is 95.6 Å². The van der Waals surface area contributed by atoms with Crippen LogP contribution >= 0.6 is 0 Å². The average Bonchev–Trinajstić information content (AvgIpc) is 2.76. The maximum Gasteiger partial charge on any atom is 0.222 e. The number of hydrogen-bond acceptors (Lipinski definition) is 4. The number of amides is 1. The summed E-state index contributed by atoms with van der Waals surface area (Å²) in [6.45, 7) is 5.56. The van der Waals surface area contributed by atoms with Gasteiger partial charge in [0.2, 0.25) is 5.91 Å². The minimum Gasteiger partial charge on any atom is -0.369 e. The van der Waals surface area contributed by atoms with Gasteiger partial charge in [0.05, 0.1) is 12.5 Å². The van der Waals surface area contributed by atoms with E-state index in [0.29, 0.717) is 19.6 Å². The minimum atomic E-state index is -0.229. The molecule has 0 bridgehead atoms. The van der Waals surface area contributed by atoms with Crippen molar-refractivity contribution in [3.8, 4) is 0 Å². The first-order chi connectivity index (χ1) is 14.2. The number of nitrogens with two attached hydrogens (primary N) is 1. The van der Waals surface area contributed by atoms with Crippen LogP contribution in [0.25, 0.3) is 0 Å². The van der Waals surface area contributed by atoms with Gasteiger partial charge in [-0.2, -0.15) is 0 Å². The van der Waals surface area contributed by atoms with Crippen LogP contribution in [0, 0.1) is 5.92 Å². The Morgan fingerprint density at radius 1 is 1.24 bits per heavy atom. The van der Waals surface area contributed by atoms with Crippen LogP contribution in [-0.4, -0.2) is 36.5 Å². The summed E-state index contributed by atoms with van der Waals surface area (Å²) in [6, 6.07) is 14.2. The van der Waals surface area contributed by atoms with Gasteiger partial charge in [0.15, 0.2) is 5.96 Å². The van der Waals surface area contributed by atoms with E-state index in [2.05, 4.69) is 43.7 Å². The molecule has 0 radical (unpaired) electrons. The Morgan fingerprint density at radius 2 is 2.07 bits per heavy atom. The third kappa shape index (κ3) is 5.94. The number of benzene rings is 1. The van der Waals surface area contributed by atoms with Crippen molar-refractivity contribution >= 4 is 17.7 Å². The van der Waals surface area contributed by atoms with E-state index >= 15 is 0 Å². The average molecular weight is 395 g/mol. The van der Waals surface area contributed by atoms with E-state index in [9.17, 15) is 4.79 Å². The molecule has 4 N–H and O–H groups in total. The molecule has 1 aromatic heterocycles. The molecule has 2 heterocycles. The van der Waals surface area contributed by atoms with E-state index in [1.807, 2.05) is 31.2 Å². The Balaban J connectivity index is 1.68. The number of primary amides is 1. The van der Waals surface area contributed by atoms with Crippen molar-refractivity contribution < 1.29 is 4.79 Å². The van der Waals surface area contributed by atoms with Crippen molar-refractivity contribution in [3.05, 3.63) is 59.8 Å². The van der Waals surface area contributed by atoms with Crippen molar-refractivity contribution in [2.75, 3.05) is 24.5 Å². The van der Waals surface area contributed by atoms with Gasteiger partial charge in [-0.1, -0.05) is 36.4 Å². The van der Waals surface area contributed by atoms with Gasteiger partial charge >= 0.3 is 0 Å². The quantitative estimate of drug-likeness (QED) is 0.493. The zero-order valence-corrected chi connectivity index (χ0v) is 17.0. The fraction of sp³-hybridized carbons (Fsp3) is 0.409. The fourth-order valence-corrected chi connectivity index (χ4v) is 3.53. The lowest BCUT2D eigenvalue weighted by Gasteiger charge is -2.33. The second kappa shape index (κ2) is 10.5. The number of aliphatic imine (C=N–C) groups is 1. The SMILES string of the molecule is CCNC(=NCc1ccccc1)NCc1cccnc1N1CCCC(C(N)=O)C1. The lowest BCUT2D eigenvalue weighted by atomic mass is 9.97. The van der Waals surface area contributed by atoms with E-state index in [1.165, 1.54) is 0 Å². The largest absolute Gasteiger partial charge is 0.369 e. The Hall–Kier alpha value is -3.09. The van der Waals surface area contributed by atoms with Gasteiger partial charge < -0.3 is 21.3 Å². The summed E-state index contributed by atoms with van der Waals surface area (Å²) in [5.41, 5.74) is 7.77. The van der Waals surface area contributed by atoms with Crippen molar-refractivity contribution in [2.45, 2.75) is 32.9 Å². The summed E-state index contributed by atoms with van der Waals surface area (Å²) >= 11 is 0. The van der Waals surface area contributed by atoms with Crippen molar-refractivity contribution in [1.82, 2.24) is 15.6 Å². The molecule has 3 rings (SSSR count). The number of nitrogens with one attached hydrogen (secondary N) is 2. The molecule has 1 amide bonds. The number of anilines is 1. The van der Waals surface area contributed by atoms with E-state index in [4.69, 9.17) is 5.73 Å². The number of pyridine rings is 1. The smallest absolute Gasteiger partial charge is 0.222 e. The third-order valence-corrected chi connectivity index (χ3v) is 5.04. The standard InChI is InChI=1S/C22H30N6O/c1-2-24-22(26-14-17-8-4-3-5-9-17)27-15-18-10-6-12-25-21(18)28-13-7-11-19(16-28)20(23)29/h3-6,8-10,12,19H,2,7,11,13-16H2,1H3,(H2,23,29)(H2,24,26,27). The van der Waals surface area contributed by atoms with Crippen molar-refractivity contribution in [2.24, 2.45) is 16.6 Å². The molecule has 1 unspecified atom stereocenters. The molecule has 7 nitrogen and oxygen atoms in total. The lowest BCUT2D eigenvalue weighted by Crippen LogP contribution is -2.42. The summed E-state index contributed by atoms with van der Waals surface area (Å²) in [6.07, 6.45) is 3.59. The van der Waals surface area contributed by atoms with Crippen LogP contribution in [0.15, 0.2) is 53.7 Å². The van der Waals surface area contributed by atoms with Gasteiger partial charge in [0.25, 0.3) is 0 Å². The van der Waals surface area contributed by atoms with Crippen LogP contribution in [0.1, 0.15) is 30.9 Å². The summed E-state index contributed by atoms with van der Waals surface area (Å²) in [5.74, 6) is 1.33. The van der Waals surface area contributed by atoms with Gasteiger partial charge in [-0.15, -0.1) is 0 Å². The summed E-state index contributed by atoms with van der Waals surface area (Å²) < 4.78 is 0. The molecule has 154 valence electrons. The number of aromatic nitrogens is 1. The highest BCUT2D eigenvalue weighted by Crippen LogP contribution is 2.24. The van der Waals surface area contributed by atoms with Gasteiger partial charge in [-0.25, -0.2) is 9.98 Å². The predicted octanol–water partition coefficient (Wildman–Crippen LogP) is 2.04. The number of piperidine rings is 1. The Morgan fingerprint density at radius 3 is 2.83 bits per heavy atom. The van der Waals surface area contributed by atoms with E-state index in [-0.39, 0.29) is 11.8 Å². The first-order valence-corrected chi connectivity index (χ1v) is 10.2. The monoisotopic (exact) mass is 394 g/mol. The molecule has 0 saturated carbocycles. The molecule has 29 heavy (non-hydrogen) atoms. The van der Waals surface area contributed by atoms with Gasteiger partial charge in [-0.05, 0) is 31.4 Å². The molecule has 0 aliphatic carbocycles. The highest BCUT2D eigenvalue weighted by Gasteiger charge is 2.25. The van der Waals surface area contributed by atoms with Crippen LogP contribution in [0.5, 0.6) is 0 Å². The van der Waals surface area contributed by atoms with E-state index in [0.717, 1.165) is 48.8 Å². The van der Waals surface area contributed by atoms with Gasteiger partial charge in [-0.3, -0.25) is 4.79 Å². The first-order valence-electron chi connectivity index (χ1n) is 10.2. The molecule has 1 fully saturated rings. The number of hydrogen-bond donors (Lipinski definition) is 3. The zero-order chi connectivity index (χ0) is 20.5. The molecule has 1 atom stereocenters. The van der Waals surface area contributed by atoms with Crippen LogP contribution in [0.4, 0.5) is 5.82 Å². The number of carbonyl (C=O) groups excluding carboxylic acids is 1. The number of carbonyl (C=O) groups is 1. The lowest BCUT2D eigenvalue weighted by molar-refractivity contribution is -0.122. The third-order valence-electron chi connectivity index (χ3n) is 5.04. The highest BCUT2D eigenvalue weighted by atomic mass is 16.1. The molecule has 1 aliphatic heterocycles. The zero-order valence-electron chi connectivity index (χ0n) is 17.0. The van der Waals surface area contributed by atoms with Crippen LogP contribution in [0.3, 0.4) is 0 Å². The maximum atomic E-state index is 11.6. The van der Waals surface area contributed by atoms with Crippen molar-refractivity contribution in [1.29, 1.82) is 0 Å². The van der Waals surface area contributed by atoms with Crippen molar-refractivity contribution in [3.63, 3.8) is 0 Å². The number of guanidine groups is 1. The molecule has 1 aliphatic rings. The summed E-state index contributed by atoms with van der Waals surface area (Å²) in [7, 11) is 0.